The third kappa shape index (κ3) is 3.73. The first kappa shape index (κ1) is 13.4. The number of hydrogen-bond donors (Lipinski definition) is 1. The van der Waals surface area contributed by atoms with Crippen LogP contribution >= 0.6 is 22.9 Å². The molecule has 0 aliphatic heterocycles. The SMILES string of the molecule is O=[N+]([O-])c1cccc(/C=N\Nc2nc(CCl)cs2)c1. The fourth-order valence-corrected chi connectivity index (χ4v) is 2.19. The minimum atomic E-state index is -0.446. The van der Waals surface area contributed by atoms with Crippen LogP contribution in [0.15, 0.2) is 34.7 Å². The molecule has 2 rings (SSSR count). The fraction of sp³-hybridized carbons (Fsp3) is 0.0909. The van der Waals surface area contributed by atoms with Gasteiger partial charge < -0.3 is 0 Å². The summed E-state index contributed by atoms with van der Waals surface area (Å²) < 4.78 is 0. The maximum atomic E-state index is 10.6. The lowest BCUT2D eigenvalue weighted by atomic mass is 10.2. The smallest absolute Gasteiger partial charge is 0.258 e. The number of benzene rings is 1. The second-order valence-electron chi connectivity index (χ2n) is 3.50. The highest BCUT2D eigenvalue weighted by molar-refractivity contribution is 7.13. The average Bonchev–Trinajstić information content (AvgIpc) is 2.87. The molecule has 1 heterocycles. The Kier molecular flexibility index (Phi) is 4.43. The highest BCUT2D eigenvalue weighted by Gasteiger charge is 2.04. The van der Waals surface area contributed by atoms with E-state index in [1.807, 2.05) is 5.38 Å². The van der Waals surface area contributed by atoms with Crippen LogP contribution in [0.5, 0.6) is 0 Å². The Morgan fingerprint density at radius 1 is 1.58 bits per heavy atom. The molecule has 0 spiro atoms. The zero-order valence-corrected chi connectivity index (χ0v) is 11.2. The number of rotatable bonds is 5. The topological polar surface area (TPSA) is 80.4 Å². The van der Waals surface area contributed by atoms with Gasteiger partial charge in [0.25, 0.3) is 5.69 Å². The molecule has 8 heteroatoms. The van der Waals surface area contributed by atoms with Gasteiger partial charge in [-0.05, 0) is 0 Å². The Morgan fingerprint density at radius 2 is 2.42 bits per heavy atom. The van der Waals surface area contributed by atoms with Crippen LogP contribution in [0.1, 0.15) is 11.3 Å². The Balaban J connectivity index is 2.02. The summed E-state index contributed by atoms with van der Waals surface area (Å²) in [5.41, 5.74) is 4.19. The molecule has 0 unspecified atom stereocenters. The van der Waals surface area contributed by atoms with Gasteiger partial charge in [0.15, 0.2) is 0 Å². The van der Waals surface area contributed by atoms with E-state index in [0.29, 0.717) is 16.6 Å². The number of hydrazone groups is 1. The van der Waals surface area contributed by atoms with Gasteiger partial charge in [0.2, 0.25) is 5.13 Å². The van der Waals surface area contributed by atoms with E-state index >= 15 is 0 Å². The number of anilines is 1. The van der Waals surface area contributed by atoms with Gasteiger partial charge in [-0.15, -0.1) is 22.9 Å². The molecular weight excluding hydrogens is 288 g/mol. The second-order valence-corrected chi connectivity index (χ2v) is 4.63. The standard InChI is InChI=1S/C11H9ClN4O2S/c12-5-9-7-19-11(14-9)15-13-6-8-2-1-3-10(4-8)16(17)18/h1-4,6-7H,5H2,(H,14,15)/b13-6-. The average molecular weight is 297 g/mol. The normalized spacial score (nSPS) is 10.8. The molecule has 1 aromatic carbocycles. The first-order valence-corrected chi connectivity index (χ1v) is 6.64. The van der Waals surface area contributed by atoms with Crippen LogP contribution in [0.25, 0.3) is 0 Å². The van der Waals surface area contributed by atoms with Crippen LogP contribution in [0.3, 0.4) is 0 Å². The monoisotopic (exact) mass is 296 g/mol. The molecule has 0 aliphatic carbocycles. The maximum Gasteiger partial charge on any atom is 0.270 e. The molecule has 0 saturated carbocycles. The summed E-state index contributed by atoms with van der Waals surface area (Å²) in [5.74, 6) is 0.354. The molecule has 6 nitrogen and oxygen atoms in total. The number of nitrogens with zero attached hydrogens (tertiary/aromatic N) is 3. The highest BCUT2D eigenvalue weighted by Crippen LogP contribution is 2.16. The third-order valence-electron chi connectivity index (χ3n) is 2.14. The first-order valence-electron chi connectivity index (χ1n) is 5.23. The van der Waals surface area contributed by atoms with E-state index in [1.54, 1.807) is 12.1 Å². The van der Waals surface area contributed by atoms with E-state index in [0.717, 1.165) is 5.69 Å². The van der Waals surface area contributed by atoms with Gasteiger partial charge in [0.1, 0.15) is 0 Å². The number of nitro benzene ring substituents is 1. The Hall–Kier alpha value is -1.99. The van der Waals surface area contributed by atoms with Crippen molar-refractivity contribution in [3.8, 4) is 0 Å². The molecule has 0 fully saturated rings. The summed E-state index contributed by atoms with van der Waals surface area (Å²) in [5, 5.41) is 17.0. The van der Waals surface area contributed by atoms with E-state index in [4.69, 9.17) is 11.6 Å². The first-order chi connectivity index (χ1) is 9.19. The number of aromatic nitrogens is 1. The minimum absolute atomic E-state index is 0.0302. The Morgan fingerprint density at radius 3 is 3.11 bits per heavy atom. The zero-order valence-electron chi connectivity index (χ0n) is 9.62. The van der Waals surface area contributed by atoms with Crippen LogP contribution in [-0.2, 0) is 5.88 Å². The number of nitro groups is 1. The van der Waals surface area contributed by atoms with E-state index < -0.39 is 4.92 Å². The molecule has 0 atom stereocenters. The lowest BCUT2D eigenvalue weighted by molar-refractivity contribution is -0.384. The Bertz CT molecular complexity index is 614. The van der Waals surface area contributed by atoms with Crippen molar-refractivity contribution < 1.29 is 4.92 Å². The van der Waals surface area contributed by atoms with Gasteiger partial charge in [0, 0.05) is 23.1 Å². The zero-order chi connectivity index (χ0) is 13.7. The van der Waals surface area contributed by atoms with E-state index in [-0.39, 0.29) is 5.69 Å². The van der Waals surface area contributed by atoms with Crippen molar-refractivity contribution in [2.75, 3.05) is 5.43 Å². The van der Waals surface area contributed by atoms with Gasteiger partial charge in [-0.25, -0.2) is 4.98 Å². The molecular formula is C11H9ClN4O2S. The maximum absolute atomic E-state index is 10.6. The van der Waals surface area contributed by atoms with Crippen molar-refractivity contribution in [2.24, 2.45) is 5.10 Å². The summed E-state index contributed by atoms with van der Waals surface area (Å²) >= 11 is 7.02. The molecule has 0 aliphatic rings. The number of nitrogens with one attached hydrogen (secondary N) is 1. The van der Waals surface area contributed by atoms with E-state index in [1.165, 1.54) is 29.7 Å². The van der Waals surface area contributed by atoms with Crippen molar-refractivity contribution >= 4 is 40.0 Å². The summed E-state index contributed by atoms with van der Waals surface area (Å²) in [7, 11) is 0. The predicted octanol–water partition coefficient (Wildman–Crippen LogP) is 3.24. The third-order valence-corrected chi connectivity index (χ3v) is 3.21. The van der Waals surface area contributed by atoms with E-state index in [9.17, 15) is 10.1 Å². The Labute approximate surface area is 117 Å². The van der Waals surface area contributed by atoms with E-state index in [2.05, 4.69) is 15.5 Å². The number of halogens is 1. The molecule has 0 bridgehead atoms. The molecule has 98 valence electrons. The molecule has 2 aromatic rings. The summed E-state index contributed by atoms with van der Waals surface area (Å²) in [6, 6.07) is 6.20. The van der Waals surface area contributed by atoms with Gasteiger partial charge >= 0.3 is 0 Å². The quantitative estimate of drug-likeness (QED) is 0.397. The van der Waals surface area contributed by atoms with Crippen molar-refractivity contribution in [1.82, 2.24) is 4.98 Å². The van der Waals surface area contributed by atoms with Crippen molar-refractivity contribution in [2.45, 2.75) is 5.88 Å². The summed E-state index contributed by atoms with van der Waals surface area (Å²) in [6.45, 7) is 0. The highest BCUT2D eigenvalue weighted by atomic mass is 35.5. The minimum Gasteiger partial charge on any atom is -0.258 e. The van der Waals surface area contributed by atoms with Gasteiger partial charge in [0.05, 0.1) is 22.7 Å². The number of hydrogen-bond acceptors (Lipinski definition) is 6. The number of non-ortho nitro benzene ring substituents is 1. The molecule has 19 heavy (non-hydrogen) atoms. The van der Waals surface area contributed by atoms with Crippen LogP contribution in [0.2, 0.25) is 0 Å². The lowest BCUT2D eigenvalue weighted by Crippen LogP contribution is -1.92. The molecule has 0 radical (unpaired) electrons. The van der Waals surface area contributed by atoms with Crippen molar-refractivity contribution in [3.05, 3.63) is 51.0 Å². The molecule has 0 amide bonds. The predicted molar refractivity (Wildman–Crippen MR) is 76.0 cm³/mol. The molecule has 1 aromatic heterocycles. The molecule has 1 N–H and O–H groups in total. The van der Waals surface area contributed by atoms with Crippen LogP contribution in [-0.4, -0.2) is 16.1 Å². The fourth-order valence-electron chi connectivity index (χ4n) is 1.30. The largest absolute Gasteiger partial charge is 0.270 e. The summed E-state index contributed by atoms with van der Waals surface area (Å²) in [4.78, 5) is 14.3. The van der Waals surface area contributed by atoms with Gasteiger partial charge in [-0.2, -0.15) is 5.10 Å². The second kappa shape index (κ2) is 6.26. The van der Waals surface area contributed by atoms with Crippen LogP contribution in [0.4, 0.5) is 10.8 Å². The molecule has 0 saturated heterocycles. The number of thiazole rings is 1. The van der Waals surface area contributed by atoms with Gasteiger partial charge in [-0.3, -0.25) is 15.5 Å². The lowest BCUT2D eigenvalue weighted by Gasteiger charge is -1.95. The van der Waals surface area contributed by atoms with Gasteiger partial charge in [-0.1, -0.05) is 12.1 Å². The summed E-state index contributed by atoms with van der Waals surface area (Å²) in [6.07, 6.45) is 1.49. The van der Waals surface area contributed by atoms with Crippen LogP contribution in [0, 0.1) is 10.1 Å². The van der Waals surface area contributed by atoms with Crippen LogP contribution < -0.4 is 5.43 Å². The van der Waals surface area contributed by atoms with Crippen molar-refractivity contribution in [3.63, 3.8) is 0 Å². The van der Waals surface area contributed by atoms with Crippen molar-refractivity contribution in [1.29, 1.82) is 0 Å². The number of alkyl halides is 1.